The molecule has 4 rings (SSSR count). The predicted molar refractivity (Wildman–Crippen MR) is 141 cm³/mol. The molecule has 0 bridgehead atoms. The Hall–Kier alpha value is -3.64. The van der Waals surface area contributed by atoms with Gasteiger partial charge < -0.3 is 14.7 Å². The second kappa shape index (κ2) is 11.0. The van der Waals surface area contributed by atoms with Crippen LogP contribution in [-0.2, 0) is 28.0 Å². The van der Waals surface area contributed by atoms with Crippen LogP contribution in [0.25, 0.3) is 0 Å². The van der Waals surface area contributed by atoms with Crippen molar-refractivity contribution in [1.29, 1.82) is 0 Å². The van der Waals surface area contributed by atoms with Gasteiger partial charge in [-0.1, -0.05) is 87.5 Å². The van der Waals surface area contributed by atoms with E-state index in [4.69, 9.17) is 4.74 Å². The van der Waals surface area contributed by atoms with Crippen LogP contribution in [0.2, 0.25) is 0 Å². The van der Waals surface area contributed by atoms with Crippen molar-refractivity contribution in [2.24, 2.45) is 0 Å². The zero-order valence-corrected chi connectivity index (χ0v) is 21.1. The molecule has 2 atom stereocenters. The fraction of sp³-hybridized carbons (Fsp3) is 0.333. The standard InChI is InChI=1S/C30H34N2O4/c1-30(2,3)23-16-13-22(14-17-23)19-32-26-11-7-8-12-27(26)36-20-25(28(32)33)31-24(29(34)35)18-15-21-9-5-4-6-10-21/h4-14,16-17,24-25,31H,15,18-20H2,1-3H3,(H,34,35)/t24-,25?/m0/s1. The minimum Gasteiger partial charge on any atom is -0.489 e. The first-order valence-corrected chi connectivity index (χ1v) is 12.4. The van der Waals surface area contributed by atoms with Gasteiger partial charge in [-0.15, -0.1) is 0 Å². The zero-order valence-electron chi connectivity index (χ0n) is 21.1. The summed E-state index contributed by atoms with van der Waals surface area (Å²) in [6.45, 7) is 6.93. The molecule has 0 fully saturated rings. The number of anilines is 1. The van der Waals surface area contributed by atoms with Crippen LogP contribution in [0.15, 0.2) is 78.9 Å². The highest BCUT2D eigenvalue weighted by atomic mass is 16.5. The SMILES string of the molecule is CC(C)(C)c1ccc(CN2C(=O)C(N[C@@H](CCc3ccccc3)C(=O)O)COc3ccccc32)cc1. The number of benzene rings is 3. The minimum atomic E-state index is -0.982. The molecule has 0 saturated heterocycles. The van der Waals surface area contributed by atoms with E-state index < -0.39 is 18.1 Å². The summed E-state index contributed by atoms with van der Waals surface area (Å²) in [6.07, 6.45) is 0.959. The van der Waals surface area contributed by atoms with Gasteiger partial charge in [0.1, 0.15) is 24.4 Å². The molecule has 6 nitrogen and oxygen atoms in total. The largest absolute Gasteiger partial charge is 0.489 e. The third kappa shape index (κ3) is 6.13. The number of para-hydroxylation sites is 2. The number of hydrogen-bond donors (Lipinski definition) is 2. The highest BCUT2D eigenvalue weighted by Crippen LogP contribution is 2.33. The van der Waals surface area contributed by atoms with E-state index in [0.29, 0.717) is 30.8 Å². The van der Waals surface area contributed by atoms with Gasteiger partial charge in [-0.2, -0.15) is 0 Å². The highest BCUT2D eigenvalue weighted by molar-refractivity contribution is 5.99. The summed E-state index contributed by atoms with van der Waals surface area (Å²) in [6, 6.07) is 23.8. The van der Waals surface area contributed by atoms with Crippen molar-refractivity contribution in [1.82, 2.24) is 5.32 Å². The highest BCUT2D eigenvalue weighted by Gasteiger charge is 2.34. The molecule has 0 aromatic heterocycles. The van der Waals surface area contributed by atoms with Gasteiger partial charge >= 0.3 is 5.97 Å². The molecule has 1 aliphatic rings. The van der Waals surface area contributed by atoms with E-state index >= 15 is 0 Å². The third-order valence-electron chi connectivity index (χ3n) is 6.55. The number of ether oxygens (including phenoxy) is 1. The molecule has 6 heteroatoms. The first-order chi connectivity index (χ1) is 17.2. The van der Waals surface area contributed by atoms with Crippen molar-refractivity contribution in [2.75, 3.05) is 11.5 Å². The summed E-state index contributed by atoms with van der Waals surface area (Å²) >= 11 is 0. The molecule has 0 spiro atoms. The molecule has 0 aliphatic carbocycles. The number of carboxylic acid groups (broad SMARTS) is 1. The molecule has 2 N–H and O–H groups in total. The number of amides is 1. The van der Waals surface area contributed by atoms with Crippen LogP contribution in [-0.4, -0.2) is 35.7 Å². The molecular weight excluding hydrogens is 452 g/mol. The molecule has 1 aliphatic heterocycles. The monoisotopic (exact) mass is 486 g/mol. The number of aliphatic carboxylic acids is 1. The summed E-state index contributed by atoms with van der Waals surface area (Å²) in [5.74, 6) is -0.576. The number of rotatable bonds is 8. The molecule has 1 heterocycles. The average Bonchev–Trinajstić information content (AvgIpc) is 2.99. The van der Waals surface area contributed by atoms with E-state index in [-0.39, 0.29) is 17.9 Å². The van der Waals surface area contributed by atoms with Gasteiger partial charge in [0.2, 0.25) is 5.91 Å². The molecular formula is C30H34N2O4. The van der Waals surface area contributed by atoms with Gasteiger partial charge in [0.05, 0.1) is 12.2 Å². The summed E-state index contributed by atoms with van der Waals surface area (Å²) < 4.78 is 5.99. The van der Waals surface area contributed by atoms with Gasteiger partial charge in [0.25, 0.3) is 0 Å². The van der Waals surface area contributed by atoms with Crippen molar-refractivity contribution >= 4 is 17.6 Å². The second-order valence-electron chi connectivity index (χ2n) is 10.3. The molecule has 1 unspecified atom stereocenters. The molecule has 0 saturated carbocycles. The third-order valence-corrected chi connectivity index (χ3v) is 6.55. The lowest BCUT2D eigenvalue weighted by atomic mass is 9.87. The Morgan fingerprint density at radius 1 is 1.00 bits per heavy atom. The molecule has 188 valence electrons. The summed E-state index contributed by atoms with van der Waals surface area (Å²) in [5.41, 5.74) is 3.99. The molecule has 0 radical (unpaired) electrons. The van der Waals surface area contributed by atoms with E-state index in [9.17, 15) is 14.7 Å². The van der Waals surface area contributed by atoms with Gasteiger partial charge in [0, 0.05) is 0 Å². The van der Waals surface area contributed by atoms with Crippen molar-refractivity contribution in [3.05, 3.63) is 95.6 Å². The Morgan fingerprint density at radius 3 is 2.33 bits per heavy atom. The number of aryl methyl sites for hydroxylation is 1. The maximum absolute atomic E-state index is 13.8. The van der Waals surface area contributed by atoms with Crippen LogP contribution in [0.3, 0.4) is 0 Å². The number of nitrogens with one attached hydrogen (secondary N) is 1. The maximum atomic E-state index is 13.8. The summed E-state index contributed by atoms with van der Waals surface area (Å²) in [4.78, 5) is 27.5. The predicted octanol–water partition coefficient (Wildman–Crippen LogP) is 4.95. The number of carboxylic acids is 1. The second-order valence-corrected chi connectivity index (χ2v) is 10.3. The molecule has 3 aromatic rings. The average molecular weight is 487 g/mol. The number of carbonyl (C=O) groups is 2. The molecule has 1 amide bonds. The van der Waals surface area contributed by atoms with Crippen LogP contribution in [0.1, 0.15) is 43.9 Å². The van der Waals surface area contributed by atoms with Crippen molar-refractivity contribution < 1.29 is 19.4 Å². The number of hydrogen-bond acceptors (Lipinski definition) is 4. The van der Waals surface area contributed by atoms with Crippen LogP contribution < -0.4 is 15.0 Å². The Bertz CT molecular complexity index is 1190. The Morgan fingerprint density at radius 2 is 1.67 bits per heavy atom. The quantitative estimate of drug-likeness (QED) is 0.471. The molecule has 36 heavy (non-hydrogen) atoms. The first kappa shape index (κ1) is 25.5. The number of fused-ring (bicyclic) bond motifs is 1. The topological polar surface area (TPSA) is 78.9 Å². The van der Waals surface area contributed by atoms with Crippen LogP contribution >= 0.6 is 0 Å². The molecule has 3 aromatic carbocycles. The van der Waals surface area contributed by atoms with Crippen LogP contribution in [0.4, 0.5) is 5.69 Å². The lowest BCUT2D eigenvalue weighted by molar-refractivity contribution is -0.140. The minimum absolute atomic E-state index is 0.0397. The van der Waals surface area contributed by atoms with Crippen LogP contribution in [0, 0.1) is 0 Å². The van der Waals surface area contributed by atoms with E-state index in [1.807, 2.05) is 66.7 Å². The Balaban J connectivity index is 1.55. The van der Waals surface area contributed by atoms with E-state index in [0.717, 1.165) is 11.1 Å². The van der Waals surface area contributed by atoms with Gasteiger partial charge in [-0.05, 0) is 47.1 Å². The lowest BCUT2D eigenvalue weighted by Gasteiger charge is -2.27. The van der Waals surface area contributed by atoms with Crippen molar-refractivity contribution in [3.63, 3.8) is 0 Å². The smallest absolute Gasteiger partial charge is 0.320 e. The normalized spacial score (nSPS) is 16.6. The summed E-state index contributed by atoms with van der Waals surface area (Å²) in [5, 5.41) is 13.0. The fourth-order valence-corrected chi connectivity index (χ4v) is 4.41. The summed E-state index contributed by atoms with van der Waals surface area (Å²) in [7, 11) is 0. The zero-order chi connectivity index (χ0) is 25.7. The van der Waals surface area contributed by atoms with Gasteiger partial charge in [0.15, 0.2) is 0 Å². The Labute approximate surface area is 212 Å². The number of carbonyl (C=O) groups excluding carboxylic acids is 1. The van der Waals surface area contributed by atoms with Gasteiger partial charge in [-0.25, -0.2) is 0 Å². The van der Waals surface area contributed by atoms with Crippen molar-refractivity contribution in [3.8, 4) is 5.75 Å². The maximum Gasteiger partial charge on any atom is 0.320 e. The lowest BCUT2D eigenvalue weighted by Crippen LogP contribution is -2.53. The van der Waals surface area contributed by atoms with E-state index in [2.05, 4.69) is 38.2 Å². The van der Waals surface area contributed by atoms with Gasteiger partial charge in [-0.3, -0.25) is 14.9 Å². The Kier molecular flexibility index (Phi) is 7.75. The van der Waals surface area contributed by atoms with Crippen LogP contribution in [0.5, 0.6) is 5.75 Å². The van der Waals surface area contributed by atoms with E-state index in [1.165, 1.54) is 5.56 Å². The number of nitrogens with zero attached hydrogens (tertiary/aromatic N) is 1. The van der Waals surface area contributed by atoms with Crippen molar-refractivity contribution in [2.45, 2.75) is 57.7 Å². The first-order valence-electron chi connectivity index (χ1n) is 12.4. The van der Waals surface area contributed by atoms with E-state index in [1.54, 1.807) is 4.90 Å². The fourth-order valence-electron chi connectivity index (χ4n) is 4.41.